The fraction of sp³-hybridized carbons (Fsp3) is 0.0526. The van der Waals surface area contributed by atoms with Gasteiger partial charge >= 0.3 is 0 Å². The van der Waals surface area contributed by atoms with Gasteiger partial charge in [-0.3, -0.25) is 25.0 Å². The van der Waals surface area contributed by atoms with Crippen molar-refractivity contribution in [3.8, 4) is 0 Å². The Morgan fingerprint density at radius 1 is 0.793 bits per heavy atom. The van der Waals surface area contributed by atoms with Gasteiger partial charge in [-0.2, -0.15) is 18.6 Å². The minimum atomic E-state index is -4.30. The van der Waals surface area contributed by atoms with Crippen molar-refractivity contribution in [2.45, 2.75) is 11.8 Å². The van der Waals surface area contributed by atoms with Crippen LogP contribution in [0.4, 0.5) is 11.4 Å². The highest BCUT2D eigenvalue weighted by molar-refractivity contribution is 7.85. The van der Waals surface area contributed by atoms with Crippen LogP contribution in [0.3, 0.4) is 0 Å². The third-order valence-electron chi connectivity index (χ3n) is 3.88. The van der Waals surface area contributed by atoms with Crippen molar-refractivity contribution >= 4 is 21.5 Å². The molecule has 0 saturated carbocycles. The van der Waals surface area contributed by atoms with E-state index in [1.165, 1.54) is 36.4 Å². The minimum Gasteiger partial charge on any atom is -0.287 e. The maximum Gasteiger partial charge on any atom is 0.294 e. The third-order valence-corrected chi connectivity index (χ3v) is 4.75. The number of nitrogens with zero attached hydrogens (tertiary/aromatic N) is 2. The van der Waals surface area contributed by atoms with Crippen molar-refractivity contribution in [2.24, 2.45) is 10.2 Å². The van der Waals surface area contributed by atoms with E-state index in [0.717, 1.165) is 5.56 Å². The Hall–Kier alpha value is -3.63. The molecule has 0 radical (unpaired) electrons. The number of rotatable bonds is 5. The smallest absolute Gasteiger partial charge is 0.287 e. The van der Waals surface area contributed by atoms with Gasteiger partial charge < -0.3 is 0 Å². The summed E-state index contributed by atoms with van der Waals surface area (Å²) in [4.78, 5) is 24.2. The quantitative estimate of drug-likeness (QED) is 0.414. The van der Waals surface area contributed by atoms with Gasteiger partial charge in [-0.05, 0) is 55.5 Å². The number of anilines is 2. The molecule has 0 saturated heterocycles. The Labute approximate surface area is 165 Å². The summed E-state index contributed by atoms with van der Waals surface area (Å²) < 4.78 is 31.1. The van der Waals surface area contributed by atoms with Crippen LogP contribution in [-0.4, -0.2) is 13.0 Å². The first-order chi connectivity index (χ1) is 13.7. The third kappa shape index (κ3) is 5.00. The van der Waals surface area contributed by atoms with Gasteiger partial charge in [0.2, 0.25) is 10.9 Å². The molecule has 0 aliphatic heterocycles. The second kappa shape index (κ2) is 8.17. The van der Waals surface area contributed by atoms with Gasteiger partial charge in [-0.1, -0.05) is 17.7 Å². The van der Waals surface area contributed by atoms with Gasteiger partial charge in [0.1, 0.15) is 5.36 Å². The monoisotopic (exact) mass is 412 g/mol. The van der Waals surface area contributed by atoms with Gasteiger partial charge in [0, 0.05) is 0 Å². The predicted molar refractivity (Wildman–Crippen MR) is 107 cm³/mol. The molecule has 3 aromatic rings. The molecular formula is C19H16N4O5S. The number of hydrogen-bond donors (Lipinski definition) is 3. The molecule has 0 aliphatic rings. The highest BCUT2D eigenvalue weighted by atomic mass is 32.2. The van der Waals surface area contributed by atoms with Crippen molar-refractivity contribution < 1.29 is 13.0 Å². The minimum absolute atomic E-state index is 0.0482. The maximum atomic E-state index is 12.5. The van der Waals surface area contributed by atoms with Gasteiger partial charge in [-0.25, -0.2) is 0 Å². The van der Waals surface area contributed by atoms with Crippen LogP contribution in [0.2, 0.25) is 0 Å². The number of hydrogen-bond acceptors (Lipinski definition) is 8. The molecule has 148 valence electrons. The molecule has 9 nitrogen and oxygen atoms in total. The Bertz CT molecular complexity index is 1360. The zero-order chi connectivity index (χ0) is 21.0. The summed E-state index contributed by atoms with van der Waals surface area (Å²) in [5.41, 5.74) is 6.10. The molecule has 0 heterocycles. The first kappa shape index (κ1) is 20.1. The Morgan fingerprint density at radius 2 is 1.34 bits per heavy atom. The highest BCUT2D eigenvalue weighted by Crippen LogP contribution is 2.13. The second-order valence-electron chi connectivity index (χ2n) is 6.07. The molecule has 0 unspecified atom stereocenters. The first-order valence-electron chi connectivity index (χ1n) is 8.33. The summed E-state index contributed by atoms with van der Waals surface area (Å²) in [6.07, 6.45) is 0. The summed E-state index contributed by atoms with van der Waals surface area (Å²) in [6, 6.07) is 14.8. The average molecular weight is 412 g/mol. The first-order valence-corrected chi connectivity index (χ1v) is 9.77. The van der Waals surface area contributed by atoms with E-state index < -0.39 is 21.0 Å². The van der Waals surface area contributed by atoms with Crippen LogP contribution in [0.5, 0.6) is 0 Å². The van der Waals surface area contributed by atoms with Crippen LogP contribution >= 0.6 is 0 Å². The summed E-state index contributed by atoms with van der Waals surface area (Å²) in [5.74, 6) is 0. The van der Waals surface area contributed by atoms with Crippen molar-refractivity contribution in [2.75, 3.05) is 10.9 Å². The standard InChI is InChI=1S/C19H16N4O5S/c1-12-2-4-13(5-3-12)21-23-18-17(24)11-10-16(19(18)25)22-20-14-6-8-15(9-7-14)29(26,27)28/h2-11,20-21H,1H3,(H,26,27,28)/b22-16-,23-18+. The number of aryl methyl sites for hydroxylation is 1. The number of nitrogens with one attached hydrogen (secondary N) is 2. The van der Waals surface area contributed by atoms with Gasteiger partial charge in [-0.15, -0.1) is 0 Å². The van der Waals surface area contributed by atoms with Crippen molar-refractivity contribution in [1.82, 2.24) is 0 Å². The van der Waals surface area contributed by atoms with E-state index in [-0.39, 0.29) is 15.6 Å². The lowest BCUT2D eigenvalue weighted by Gasteiger charge is -2.01. The molecule has 0 amide bonds. The van der Waals surface area contributed by atoms with E-state index in [9.17, 15) is 18.0 Å². The SMILES string of the molecule is Cc1ccc(N/N=c2\c(=O)cc/c(=N/Nc3ccc(S(=O)(=O)O)cc3)c2=O)cc1. The van der Waals surface area contributed by atoms with E-state index in [4.69, 9.17) is 4.55 Å². The lowest BCUT2D eigenvalue weighted by Crippen LogP contribution is -2.47. The van der Waals surface area contributed by atoms with Crippen LogP contribution in [0.1, 0.15) is 5.56 Å². The molecule has 0 aromatic heterocycles. The Balaban J connectivity index is 1.90. The van der Waals surface area contributed by atoms with E-state index in [2.05, 4.69) is 21.1 Å². The fourth-order valence-corrected chi connectivity index (χ4v) is 2.79. The van der Waals surface area contributed by atoms with Crippen LogP contribution in [0.25, 0.3) is 0 Å². The molecule has 0 aliphatic carbocycles. The average Bonchev–Trinajstić information content (AvgIpc) is 2.68. The normalized spacial score (nSPS) is 12.8. The Kier molecular flexibility index (Phi) is 5.66. The summed E-state index contributed by atoms with van der Waals surface area (Å²) in [5, 5.41) is 7.48. The molecule has 10 heteroatoms. The zero-order valence-corrected chi connectivity index (χ0v) is 16.0. The molecule has 0 spiro atoms. The van der Waals surface area contributed by atoms with Gasteiger partial charge in [0.15, 0.2) is 5.36 Å². The van der Waals surface area contributed by atoms with Crippen LogP contribution < -0.4 is 32.4 Å². The number of benzene rings is 3. The molecule has 0 bridgehead atoms. The molecule has 29 heavy (non-hydrogen) atoms. The van der Waals surface area contributed by atoms with E-state index in [1.54, 1.807) is 12.1 Å². The van der Waals surface area contributed by atoms with E-state index >= 15 is 0 Å². The molecule has 3 rings (SSSR count). The lowest BCUT2D eigenvalue weighted by molar-refractivity contribution is 0.483. The van der Waals surface area contributed by atoms with Crippen molar-refractivity contribution in [3.63, 3.8) is 0 Å². The van der Waals surface area contributed by atoms with Crippen LogP contribution in [0, 0.1) is 6.92 Å². The zero-order valence-electron chi connectivity index (χ0n) is 15.2. The maximum absolute atomic E-state index is 12.5. The predicted octanol–water partition coefficient (Wildman–Crippen LogP) is 0.693. The van der Waals surface area contributed by atoms with Gasteiger partial charge in [0.25, 0.3) is 10.1 Å². The van der Waals surface area contributed by atoms with Crippen LogP contribution in [0.15, 0.2) is 85.4 Å². The fourth-order valence-electron chi connectivity index (χ4n) is 2.31. The molecular weight excluding hydrogens is 396 g/mol. The molecule has 3 aromatic carbocycles. The second-order valence-corrected chi connectivity index (χ2v) is 7.49. The largest absolute Gasteiger partial charge is 0.294 e. The Morgan fingerprint density at radius 3 is 1.93 bits per heavy atom. The lowest BCUT2D eigenvalue weighted by atomic mass is 10.2. The van der Waals surface area contributed by atoms with Crippen molar-refractivity contribution in [1.29, 1.82) is 0 Å². The summed E-state index contributed by atoms with van der Waals surface area (Å²) in [6.45, 7) is 1.93. The van der Waals surface area contributed by atoms with Gasteiger partial charge in [0.05, 0.1) is 16.3 Å². The van der Waals surface area contributed by atoms with Crippen molar-refractivity contribution in [3.05, 3.63) is 97.4 Å². The summed E-state index contributed by atoms with van der Waals surface area (Å²) >= 11 is 0. The topological polar surface area (TPSA) is 137 Å². The highest BCUT2D eigenvalue weighted by Gasteiger charge is 2.08. The molecule has 0 fully saturated rings. The molecule has 3 N–H and O–H groups in total. The van der Waals surface area contributed by atoms with E-state index in [1.807, 2.05) is 19.1 Å². The summed E-state index contributed by atoms with van der Waals surface area (Å²) in [7, 11) is -4.30. The van der Waals surface area contributed by atoms with E-state index in [0.29, 0.717) is 11.4 Å². The molecule has 0 atom stereocenters. The van der Waals surface area contributed by atoms with Crippen LogP contribution in [-0.2, 0) is 10.1 Å².